The summed E-state index contributed by atoms with van der Waals surface area (Å²) in [4.78, 5) is 18.8. The lowest BCUT2D eigenvalue weighted by Gasteiger charge is -2.31. The van der Waals surface area contributed by atoms with Crippen molar-refractivity contribution in [3.63, 3.8) is 0 Å². The molecule has 0 radical (unpaired) electrons. The Morgan fingerprint density at radius 1 is 1.29 bits per heavy atom. The van der Waals surface area contributed by atoms with Crippen LogP contribution in [0.4, 0.5) is 0 Å². The molecule has 2 N–H and O–H groups in total. The minimum atomic E-state index is -0.358. The van der Waals surface area contributed by atoms with E-state index < -0.39 is 0 Å². The molecule has 2 fully saturated rings. The van der Waals surface area contributed by atoms with Crippen LogP contribution < -0.4 is 10.6 Å². The van der Waals surface area contributed by atoms with Crippen molar-refractivity contribution in [1.29, 1.82) is 5.26 Å². The summed E-state index contributed by atoms with van der Waals surface area (Å²) in [7, 11) is 0. The second-order valence-corrected chi connectivity index (χ2v) is 10.6. The largest absolute Gasteiger partial charge is 0.365 e. The number of unbranched alkanes of at least 4 members (excludes halogenated alkanes) is 2. The van der Waals surface area contributed by atoms with Crippen molar-refractivity contribution < 1.29 is 4.79 Å². The zero-order valence-corrected chi connectivity index (χ0v) is 20.2. The molecule has 1 aromatic rings. The van der Waals surface area contributed by atoms with Gasteiger partial charge in [0.15, 0.2) is 0 Å². The summed E-state index contributed by atoms with van der Waals surface area (Å²) in [5, 5.41) is 21.1. The minimum absolute atomic E-state index is 0.0346. The zero-order chi connectivity index (χ0) is 23.8. The van der Waals surface area contributed by atoms with E-state index in [1.807, 2.05) is 17.1 Å². The van der Waals surface area contributed by atoms with Gasteiger partial charge >= 0.3 is 0 Å². The maximum atomic E-state index is 11.8. The van der Waals surface area contributed by atoms with E-state index in [-0.39, 0.29) is 17.2 Å². The van der Waals surface area contributed by atoms with Gasteiger partial charge in [0.1, 0.15) is 11.9 Å². The fraction of sp³-hybridized carbons (Fsp3) is 0.615. The molecule has 1 saturated heterocycles. The Hall–Kier alpha value is -2.92. The van der Waals surface area contributed by atoms with Gasteiger partial charge in [-0.2, -0.15) is 10.4 Å². The number of nitrogens with one attached hydrogen (secondary N) is 2. The van der Waals surface area contributed by atoms with Gasteiger partial charge < -0.3 is 15.4 Å². The molecule has 3 aliphatic heterocycles. The van der Waals surface area contributed by atoms with Crippen LogP contribution in [0.3, 0.4) is 0 Å². The summed E-state index contributed by atoms with van der Waals surface area (Å²) >= 11 is 0. The van der Waals surface area contributed by atoms with Crippen LogP contribution in [0.15, 0.2) is 35.2 Å². The van der Waals surface area contributed by atoms with Crippen LogP contribution in [0.2, 0.25) is 0 Å². The first-order valence-electron chi connectivity index (χ1n) is 12.6. The average Bonchev–Trinajstić information content (AvgIpc) is 3.58. The van der Waals surface area contributed by atoms with Gasteiger partial charge in [-0.15, -0.1) is 0 Å². The molecule has 4 aliphatic rings. The summed E-state index contributed by atoms with van der Waals surface area (Å²) in [5.74, 6) is 0.998. The molecule has 0 aromatic carbocycles. The van der Waals surface area contributed by atoms with Gasteiger partial charge in [-0.05, 0) is 50.3 Å². The number of aldehydes is 1. The molecule has 8 heteroatoms. The van der Waals surface area contributed by atoms with Gasteiger partial charge in [-0.3, -0.25) is 9.58 Å². The number of nitrogens with zero attached hydrogens (tertiary/aromatic N) is 5. The highest BCUT2D eigenvalue weighted by molar-refractivity contribution is 5.82. The SMILES string of the molecule is CCCCCC(C=O)N1C[C@@H]2C[C@](CC#N)(n3cc(C4=C5C=CNC5(C)NC=N4)cn3)C[C@@H]2C1. The van der Waals surface area contributed by atoms with Crippen LogP contribution in [-0.2, 0) is 10.3 Å². The van der Waals surface area contributed by atoms with Crippen molar-refractivity contribution in [3.05, 3.63) is 35.8 Å². The molecule has 180 valence electrons. The summed E-state index contributed by atoms with van der Waals surface area (Å²) < 4.78 is 2.04. The molecule has 4 heterocycles. The number of aromatic nitrogens is 2. The number of carbonyl (C=O) groups excluding carboxylic acids is 1. The van der Waals surface area contributed by atoms with Crippen molar-refractivity contribution >= 4 is 18.3 Å². The number of likely N-dealkylation sites (tertiary alicyclic amines) is 1. The first-order valence-corrected chi connectivity index (χ1v) is 12.6. The second kappa shape index (κ2) is 9.03. The zero-order valence-electron chi connectivity index (χ0n) is 20.2. The molecule has 1 aliphatic carbocycles. The molecule has 5 atom stereocenters. The maximum absolute atomic E-state index is 11.8. The van der Waals surface area contributed by atoms with Crippen molar-refractivity contribution in [2.75, 3.05) is 13.1 Å². The molecule has 1 aromatic heterocycles. The van der Waals surface area contributed by atoms with Crippen LogP contribution >= 0.6 is 0 Å². The van der Waals surface area contributed by atoms with E-state index in [2.05, 4.69) is 52.7 Å². The fourth-order valence-corrected chi connectivity index (χ4v) is 6.47. The Labute approximate surface area is 201 Å². The molecular weight excluding hydrogens is 426 g/mol. The molecule has 0 spiro atoms. The van der Waals surface area contributed by atoms with Gasteiger partial charge in [0.2, 0.25) is 0 Å². The highest BCUT2D eigenvalue weighted by atomic mass is 16.1. The Kier molecular flexibility index (Phi) is 6.07. The summed E-state index contributed by atoms with van der Waals surface area (Å²) in [6.07, 6.45) is 17.6. The van der Waals surface area contributed by atoms with Crippen molar-refractivity contribution in [3.8, 4) is 6.07 Å². The molecule has 2 unspecified atom stereocenters. The third-order valence-electron chi connectivity index (χ3n) is 8.33. The Morgan fingerprint density at radius 3 is 2.79 bits per heavy atom. The Bertz CT molecular complexity index is 1050. The number of hydrogen-bond acceptors (Lipinski definition) is 7. The highest BCUT2D eigenvalue weighted by Crippen LogP contribution is 2.50. The number of carbonyl (C=O) groups is 1. The normalized spacial score (nSPS) is 32.7. The number of rotatable bonds is 9. The van der Waals surface area contributed by atoms with Crippen molar-refractivity contribution in [1.82, 2.24) is 25.3 Å². The van der Waals surface area contributed by atoms with Gasteiger partial charge in [0.05, 0.1) is 42.3 Å². The minimum Gasteiger partial charge on any atom is -0.365 e. The first-order chi connectivity index (χ1) is 16.5. The lowest BCUT2D eigenvalue weighted by atomic mass is 9.91. The van der Waals surface area contributed by atoms with Crippen LogP contribution in [-0.4, -0.2) is 52.1 Å². The third kappa shape index (κ3) is 3.86. The Balaban J connectivity index is 1.34. The van der Waals surface area contributed by atoms with E-state index in [4.69, 9.17) is 5.10 Å². The summed E-state index contributed by atoms with van der Waals surface area (Å²) in [5.41, 5.74) is 2.32. The van der Waals surface area contributed by atoms with Gasteiger partial charge in [0, 0.05) is 30.4 Å². The van der Waals surface area contributed by atoms with Crippen molar-refractivity contribution in [2.45, 2.75) is 76.0 Å². The van der Waals surface area contributed by atoms with E-state index >= 15 is 0 Å². The van der Waals surface area contributed by atoms with Crippen LogP contribution in [0.5, 0.6) is 0 Å². The first kappa shape index (κ1) is 22.9. The van der Waals surface area contributed by atoms with Crippen LogP contribution in [0.1, 0.15) is 64.4 Å². The number of hydrogen-bond donors (Lipinski definition) is 2. The molecule has 0 bridgehead atoms. The third-order valence-corrected chi connectivity index (χ3v) is 8.33. The quantitative estimate of drug-likeness (QED) is 0.433. The fourth-order valence-electron chi connectivity index (χ4n) is 6.47. The second-order valence-electron chi connectivity index (χ2n) is 10.6. The predicted octanol–water partition coefficient (Wildman–Crippen LogP) is 3.16. The number of aliphatic imine (C=N–C) groups is 1. The smallest absolute Gasteiger partial charge is 0.137 e. The van der Waals surface area contributed by atoms with Gasteiger partial charge in [0.25, 0.3) is 0 Å². The van der Waals surface area contributed by atoms with E-state index in [0.29, 0.717) is 18.3 Å². The van der Waals surface area contributed by atoms with E-state index in [1.54, 1.807) is 6.34 Å². The average molecular weight is 462 g/mol. The molecule has 8 nitrogen and oxygen atoms in total. The van der Waals surface area contributed by atoms with E-state index in [1.165, 1.54) is 12.8 Å². The topological polar surface area (TPSA) is 98.3 Å². The molecule has 0 amide bonds. The van der Waals surface area contributed by atoms with Gasteiger partial charge in [-0.25, -0.2) is 4.99 Å². The standard InChI is InChI=1S/C26H35N7O/c1-3-4-5-6-22(17-34)32-14-19-11-26(8-9-27,12-20(19)15-32)33-16-21(13-31-33)24-23-7-10-29-25(23,2)30-18-28-24/h7,10,13,16-20,22,29H,3-6,8,11-12,14-15H2,1-2H3,(H,28,30)/t19-,20+,22?,25?,26-. The lowest BCUT2D eigenvalue weighted by molar-refractivity contribution is -0.112. The lowest BCUT2D eigenvalue weighted by Crippen LogP contribution is -2.52. The molecule has 1 saturated carbocycles. The molecule has 34 heavy (non-hydrogen) atoms. The van der Waals surface area contributed by atoms with Crippen molar-refractivity contribution in [2.24, 2.45) is 16.8 Å². The number of nitriles is 1. The van der Waals surface area contributed by atoms with E-state index in [9.17, 15) is 10.1 Å². The Morgan fingerprint density at radius 2 is 2.09 bits per heavy atom. The predicted molar refractivity (Wildman–Crippen MR) is 131 cm³/mol. The van der Waals surface area contributed by atoms with E-state index in [0.717, 1.165) is 61.9 Å². The van der Waals surface area contributed by atoms with Gasteiger partial charge in [-0.1, -0.05) is 26.2 Å². The molecule has 5 rings (SSSR count). The maximum Gasteiger partial charge on any atom is 0.137 e. The summed E-state index contributed by atoms with van der Waals surface area (Å²) in [6.45, 7) is 6.18. The summed E-state index contributed by atoms with van der Waals surface area (Å²) in [6, 6.07) is 2.48. The number of fused-ring (bicyclic) bond motifs is 2. The highest BCUT2D eigenvalue weighted by Gasteiger charge is 2.51. The molecular formula is C26H35N7O. The monoisotopic (exact) mass is 461 g/mol. The van der Waals surface area contributed by atoms with Crippen LogP contribution in [0, 0.1) is 23.2 Å². The van der Waals surface area contributed by atoms with Crippen LogP contribution in [0.25, 0.3) is 5.70 Å².